The highest BCUT2D eigenvalue weighted by Gasteiger charge is 2.13. The van der Waals surface area contributed by atoms with E-state index in [0.29, 0.717) is 0 Å². The largest absolute Gasteiger partial charge is 0.248 e. The van der Waals surface area contributed by atoms with E-state index in [1.54, 1.807) is 0 Å². The Bertz CT molecular complexity index is 3340. The Morgan fingerprint density at radius 1 is 0.186 bits per heavy atom. The molecule has 0 atom stereocenters. The molecule has 8 aromatic carbocycles. The van der Waals surface area contributed by atoms with Crippen LogP contribution >= 0.6 is 0 Å². The Hall–Kier alpha value is -8.79. The molecule has 0 N–H and O–H groups in total. The van der Waals surface area contributed by atoms with Crippen molar-refractivity contribution in [1.29, 1.82) is 0 Å². The van der Waals surface area contributed by atoms with Crippen LogP contribution in [0.3, 0.4) is 0 Å². The van der Waals surface area contributed by atoms with Crippen molar-refractivity contribution in [3.05, 3.63) is 283 Å². The van der Waals surface area contributed by atoms with Crippen LogP contribution in [0, 0.1) is 0 Å². The van der Waals surface area contributed by atoms with Gasteiger partial charge in [0.1, 0.15) is 0 Å². The third kappa shape index (κ3) is 10.2. The first-order chi connectivity index (χ1) is 34.6. The smallest absolute Gasteiger partial charge is 0.0709 e. The topological polar surface area (TPSA) is 38.7 Å². The normalized spacial score (nSPS) is 11.1. The van der Waals surface area contributed by atoms with Crippen molar-refractivity contribution in [2.45, 2.75) is 25.7 Å². The van der Waals surface area contributed by atoms with Crippen LogP contribution in [0.1, 0.15) is 22.3 Å². The molecule has 0 fully saturated rings. The fraction of sp³-hybridized carbons (Fsp3) is 0.0597. The molecule has 334 valence electrons. The van der Waals surface area contributed by atoms with Gasteiger partial charge in [-0.15, -0.1) is 0 Å². The number of rotatable bonds is 14. The molecule has 11 aromatic rings. The lowest BCUT2D eigenvalue weighted by Gasteiger charge is -2.15. The Balaban J connectivity index is 0.858. The van der Waals surface area contributed by atoms with E-state index in [2.05, 4.69) is 243 Å². The second-order valence-electron chi connectivity index (χ2n) is 17.9. The first-order valence-electron chi connectivity index (χ1n) is 24.2. The van der Waals surface area contributed by atoms with Crippen molar-refractivity contribution < 1.29 is 0 Å². The van der Waals surface area contributed by atoms with Crippen LogP contribution in [-0.2, 0) is 25.7 Å². The van der Waals surface area contributed by atoms with Gasteiger partial charge in [-0.2, -0.15) is 0 Å². The van der Waals surface area contributed by atoms with E-state index in [1.165, 1.54) is 44.5 Å². The Morgan fingerprint density at radius 3 is 0.814 bits per heavy atom. The maximum Gasteiger partial charge on any atom is 0.0709 e. The Kier molecular flexibility index (Phi) is 12.9. The number of hydrogen-bond acceptors (Lipinski definition) is 3. The van der Waals surface area contributed by atoms with Crippen molar-refractivity contribution in [2.75, 3.05) is 0 Å². The van der Waals surface area contributed by atoms with Gasteiger partial charge in [0.05, 0.1) is 34.2 Å². The molecule has 0 spiro atoms. The zero-order valence-electron chi connectivity index (χ0n) is 39.0. The summed E-state index contributed by atoms with van der Waals surface area (Å²) < 4.78 is 0. The number of aromatic nitrogens is 3. The van der Waals surface area contributed by atoms with E-state index in [4.69, 9.17) is 15.0 Å². The molecule has 0 aliphatic heterocycles. The standard InChI is InChI=1S/C67H51N3/c1-4-15-53(16-5-1)62-23-12-26-65(68-62)56-37-33-48(34-38-56)29-31-50-45-51(32-30-49-35-39-57(40-36-49)66-27-13-24-63(69-66)54-17-6-2-7-18-54)47-59(46-50)61-22-11-10-21-60(61)52-41-43-58(44-42-52)67-28-14-25-64(70-67)55-19-8-3-9-20-55/h1-28,33-47H,29-32H2. The van der Waals surface area contributed by atoms with Crippen molar-refractivity contribution >= 4 is 0 Å². The highest BCUT2D eigenvalue weighted by atomic mass is 14.7. The van der Waals surface area contributed by atoms with Crippen LogP contribution in [0.15, 0.2) is 261 Å². The van der Waals surface area contributed by atoms with Gasteiger partial charge in [-0.25, -0.2) is 15.0 Å². The van der Waals surface area contributed by atoms with Gasteiger partial charge in [0.25, 0.3) is 0 Å². The maximum atomic E-state index is 5.04. The molecular formula is C67H51N3. The zero-order valence-corrected chi connectivity index (χ0v) is 39.0. The van der Waals surface area contributed by atoms with Crippen LogP contribution < -0.4 is 0 Å². The number of pyridine rings is 3. The molecule has 0 aliphatic rings. The molecule has 3 nitrogen and oxygen atoms in total. The number of nitrogens with zero attached hydrogens (tertiary/aromatic N) is 3. The van der Waals surface area contributed by atoms with Gasteiger partial charge < -0.3 is 0 Å². The summed E-state index contributed by atoms with van der Waals surface area (Å²) in [5.74, 6) is 0. The molecule has 0 saturated carbocycles. The average molecular weight is 898 g/mol. The average Bonchev–Trinajstić information content (AvgIpc) is 3.45. The highest BCUT2D eigenvalue weighted by Crippen LogP contribution is 2.35. The number of benzene rings is 8. The SMILES string of the molecule is c1ccc(-c2cccc(-c3ccc(CCc4cc(CCc5ccc(-c6cccc(-c7ccccc7)n6)cc5)cc(-c5ccccc5-c5ccc(-c6cccc(-c7ccccc7)n6)cc5)c4)cc3)n2)cc1. The molecule has 3 heteroatoms. The molecule has 3 heterocycles. The molecule has 0 bridgehead atoms. The summed E-state index contributed by atoms with van der Waals surface area (Å²) in [6.45, 7) is 0. The Labute approximate surface area is 411 Å². The molecule has 3 aromatic heterocycles. The molecule has 0 amide bonds. The second kappa shape index (κ2) is 20.6. The van der Waals surface area contributed by atoms with Crippen LogP contribution in [0.5, 0.6) is 0 Å². The van der Waals surface area contributed by atoms with Crippen molar-refractivity contribution in [1.82, 2.24) is 15.0 Å². The monoisotopic (exact) mass is 897 g/mol. The molecule has 0 saturated heterocycles. The first kappa shape index (κ1) is 43.8. The minimum atomic E-state index is 0.928. The maximum absolute atomic E-state index is 5.04. The van der Waals surface area contributed by atoms with Crippen LogP contribution in [-0.4, -0.2) is 15.0 Å². The zero-order chi connectivity index (χ0) is 46.9. The van der Waals surface area contributed by atoms with Gasteiger partial charge in [0.2, 0.25) is 0 Å². The third-order valence-corrected chi connectivity index (χ3v) is 13.1. The summed E-state index contributed by atoms with van der Waals surface area (Å²) in [6.07, 6.45) is 3.73. The lowest BCUT2D eigenvalue weighted by atomic mass is 9.90. The summed E-state index contributed by atoms with van der Waals surface area (Å²) in [5.41, 5.74) is 22.7. The van der Waals surface area contributed by atoms with Gasteiger partial charge in [0.15, 0.2) is 0 Å². The Morgan fingerprint density at radius 2 is 0.457 bits per heavy atom. The summed E-state index contributed by atoms with van der Waals surface area (Å²) in [6, 6.07) is 92.8. The minimum Gasteiger partial charge on any atom is -0.248 e. The van der Waals surface area contributed by atoms with Crippen LogP contribution in [0.25, 0.3) is 89.8 Å². The second-order valence-corrected chi connectivity index (χ2v) is 17.9. The molecule has 70 heavy (non-hydrogen) atoms. The van der Waals surface area contributed by atoms with Gasteiger partial charge in [-0.3, -0.25) is 0 Å². The van der Waals surface area contributed by atoms with Gasteiger partial charge in [-0.05, 0) is 107 Å². The molecule has 0 aliphatic carbocycles. The predicted molar refractivity (Wildman–Crippen MR) is 291 cm³/mol. The minimum absolute atomic E-state index is 0.928. The lowest BCUT2D eigenvalue weighted by Crippen LogP contribution is -1.98. The van der Waals surface area contributed by atoms with E-state index in [9.17, 15) is 0 Å². The van der Waals surface area contributed by atoms with Crippen molar-refractivity contribution in [2.24, 2.45) is 0 Å². The van der Waals surface area contributed by atoms with E-state index in [0.717, 1.165) is 93.2 Å². The molecule has 0 radical (unpaired) electrons. The van der Waals surface area contributed by atoms with Crippen molar-refractivity contribution in [3.8, 4) is 89.8 Å². The number of aryl methyl sites for hydroxylation is 4. The van der Waals surface area contributed by atoms with Gasteiger partial charge in [-0.1, -0.05) is 224 Å². The third-order valence-electron chi connectivity index (χ3n) is 13.1. The van der Waals surface area contributed by atoms with E-state index < -0.39 is 0 Å². The highest BCUT2D eigenvalue weighted by molar-refractivity contribution is 5.85. The summed E-state index contributed by atoms with van der Waals surface area (Å²) in [7, 11) is 0. The first-order valence-corrected chi connectivity index (χ1v) is 24.2. The fourth-order valence-corrected chi connectivity index (χ4v) is 9.37. The lowest BCUT2D eigenvalue weighted by molar-refractivity contribution is 0.931. The molecular weight excluding hydrogens is 847 g/mol. The summed E-state index contributed by atoms with van der Waals surface area (Å²) in [4.78, 5) is 15.1. The predicted octanol–water partition coefficient (Wildman–Crippen LogP) is 16.8. The van der Waals surface area contributed by atoms with Gasteiger partial charge in [0, 0.05) is 33.4 Å². The quantitative estimate of drug-likeness (QED) is 0.109. The van der Waals surface area contributed by atoms with Gasteiger partial charge >= 0.3 is 0 Å². The number of hydrogen-bond donors (Lipinski definition) is 0. The fourth-order valence-electron chi connectivity index (χ4n) is 9.37. The molecule has 11 rings (SSSR count). The molecule has 0 unspecified atom stereocenters. The van der Waals surface area contributed by atoms with E-state index in [1.807, 2.05) is 18.2 Å². The van der Waals surface area contributed by atoms with E-state index in [-0.39, 0.29) is 0 Å². The van der Waals surface area contributed by atoms with Crippen LogP contribution in [0.4, 0.5) is 0 Å². The summed E-state index contributed by atoms with van der Waals surface area (Å²) in [5, 5.41) is 0. The summed E-state index contributed by atoms with van der Waals surface area (Å²) >= 11 is 0. The van der Waals surface area contributed by atoms with Crippen LogP contribution in [0.2, 0.25) is 0 Å². The van der Waals surface area contributed by atoms with E-state index >= 15 is 0 Å². The van der Waals surface area contributed by atoms with Crippen molar-refractivity contribution in [3.63, 3.8) is 0 Å².